The first-order valence-electron chi connectivity index (χ1n) is 5.50. The largest absolute Gasteiger partial charge is 0.250 e. The van der Waals surface area contributed by atoms with Crippen LogP contribution in [-0.2, 0) is 0 Å². The quantitative estimate of drug-likeness (QED) is 0.815. The van der Waals surface area contributed by atoms with Gasteiger partial charge >= 0.3 is 0 Å². The van der Waals surface area contributed by atoms with E-state index in [9.17, 15) is 0 Å². The molecular formula is C13H13BrN4. The Labute approximate surface area is 114 Å². The van der Waals surface area contributed by atoms with Crippen LogP contribution < -0.4 is 0 Å². The molecule has 0 atom stereocenters. The van der Waals surface area contributed by atoms with Crippen LogP contribution in [0.15, 0.2) is 46.5 Å². The van der Waals surface area contributed by atoms with Gasteiger partial charge in [0, 0.05) is 11.9 Å². The summed E-state index contributed by atoms with van der Waals surface area (Å²) in [7, 11) is 0. The third-order valence-electron chi connectivity index (χ3n) is 2.29. The maximum atomic E-state index is 4.40. The first-order chi connectivity index (χ1) is 8.61. The highest BCUT2D eigenvalue weighted by Crippen LogP contribution is 2.18. The van der Waals surface area contributed by atoms with Crippen molar-refractivity contribution in [3.8, 4) is 0 Å². The van der Waals surface area contributed by atoms with Crippen LogP contribution in [0.5, 0.6) is 0 Å². The van der Waals surface area contributed by atoms with Crippen molar-refractivity contribution in [3.63, 3.8) is 0 Å². The molecule has 0 unspecified atom stereocenters. The van der Waals surface area contributed by atoms with Gasteiger partial charge in [0.25, 0.3) is 0 Å². The smallest absolute Gasteiger partial charge is 0.200 e. The lowest BCUT2D eigenvalue weighted by atomic mass is 10.3. The van der Waals surface area contributed by atoms with Gasteiger partial charge in [-0.3, -0.25) is 4.99 Å². The molecule has 0 aliphatic heterocycles. The predicted molar refractivity (Wildman–Crippen MR) is 77.6 cm³/mol. The number of pyridine rings is 1. The van der Waals surface area contributed by atoms with E-state index < -0.39 is 0 Å². The van der Waals surface area contributed by atoms with Gasteiger partial charge in [0.1, 0.15) is 5.70 Å². The average molecular weight is 305 g/mol. The van der Waals surface area contributed by atoms with E-state index in [4.69, 9.17) is 0 Å². The Morgan fingerprint density at radius 3 is 3.00 bits per heavy atom. The first kappa shape index (κ1) is 12.7. The van der Waals surface area contributed by atoms with Crippen LogP contribution in [0.4, 0.5) is 0 Å². The molecule has 0 fully saturated rings. The van der Waals surface area contributed by atoms with Gasteiger partial charge < -0.3 is 0 Å². The van der Waals surface area contributed by atoms with Gasteiger partial charge in [-0.25, -0.2) is 9.50 Å². The van der Waals surface area contributed by atoms with Crippen molar-refractivity contribution >= 4 is 33.0 Å². The Kier molecular flexibility index (Phi) is 3.72. The highest BCUT2D eigenvalue weighted by molar-refractivity contribution is 9.10. The average Bonchev–Trinajstić information content (AvgIpc) is 2.74. The second-order valence-corrected chi connectivity index (χ2v) is 4.61. The molecule has 4 nitrogen and oxygen atoms in total. The molecule has 0 bridgehead atoms. The van der Waals surface area contributed by atoms with Gasteiger partial charge in [-0.05, 0) is 48.0 Å². The maximum absolute atomic E-state index is 4.40. The summed E-state index contributed by atoms with van der Waals surface area (Å²) >= 11 is 3.44. The third kappa shape index (κ3) is 2.56. The van der Waals surface area contributed by atoms with E-state index in [1.54, 1.807) is 4.52 Å². The number of aliphatic imine (C=N–C) groups is 1. The second-order valence-electron chi connectivity index (χ2n) is 3.76. The molecule has 0 saturated carbocycles. The minimum Gasteiger partial charge on any atom is -0.250 e. The van der Waals surface area contributed by atoms with Crippen LogP contribution in [0, 0.1) is 0 Å². The molecule has 0 aromatic carbocycles. The van der Waals surface area contributed by atoms with Crippen molar-refractivity contribution in [2.24, 2.45) is 4.99 Å². The lowest BCUT2D eigenvalue weighted by Crippen LogP contribution is -1.90. The molecule has 18 heavy (non-hydrogen) atoms. The summed E-state index contributed by atoms with van der Waals surface area (Å²) in [6, 6.07) is 3.82. The van der Waals surface area contributed by atoms with E-state index in [-0.39, 0.29) is 0 Å². The predicted octanol–water partition coefficient (Wildman–Crippen LogP) is 3.50. The van der Waals surface area contributed by atoms with Crippen molar-refractivity contribution in [1.29, 1.82) is 0 Å². The SMILES string of the molecule is C=C(N=C(C)/C=C\C)c1nc2c(Br)cccn2n1. The van der Waals surface area contributed by atoms with E-state index in [0.717, 1.165) is 15.8 Å². The first-order valence-corrected chi connectivity index (χ1v) is 6.29. The Hall–Kier alpha value is -1.75. The monoisotopic (exact) mass is 304 g/mol. The molecule has 0 spiro atoms. The Balaban J connectivity index is 2.40. The maximum Gasteiger partial charge on any atom is 0.200 e. The highest BCUT2D eigenvalue weighted by atomic mass is 79.9. The highest BCUT2D eigenvalue weighted by Gasteiger charge is 2.08. The van der Waals surface area contributed by atoms with Gasteiger partial charge in [0.15, 0.2) is 11.5 Å². The van der Waals surface area contributed by atoms with Crippen molar-refractivity contribution in [2.45, 2.75) is 13.8 Å². The summed E-state index contributed by atoms with van der Waals surface area (Å²) < 4.78 is 2.59. The molecule has 0 N–H and O–H groups in total. The summed E-state index contributed by atoms with van der Waals surface area (Å²) in [6.07, 6.45) is 5.68. The molecule has 2 aromatic rings. The number of halogens is 1. The standard InChI is InChI=1S/C13H13BrN4/c1-4-6-9(2)15-10(3)12-16-13-11(14)7-5-8-18(13)17-12/h4-8H,3H2,1-2H3/b6-4-,15-9?. The van der Waals surface area contributed by atoms with Crippen LogP contribution in [0.2, 0.25) is 0 Å². The second kappa shape index (κ2) is 5.27. The van der Waals surface area contributed by atoms with Gasteiger partial charge in [0.2, 0.25) is 0 Å². The molecule has 2 heterocycles. The minimum absolute atomic E-state index is 0.533. The number of hydrogen-bond donors (Lipinski definition) is 0. The van der Waals surface area contributed by atoms with E-state index in [0.29, 0.717) is 11.5 Å². The summed E-state index contributed by atoms with van der Waals surface area (Å²) in [5.41, 5.74) is 2.19. The third-order valence-corrected chi connectivity index (χ3v) is 2.91. The lowest BCUT2D eigenvalue weighted by Gasteiger charge is -1.93. The molecule has 0 saturated heterocycles. The van der Waals surface area contributed by atoms with Crippen LogP contribution in [0.1, 0.15) is 19.7 Å². The van der Waals surface area contributed by atoms with Gasteiger partial charge in [-0.2, -0.15) is 0 Å². The molecular weight excluding hydrogens is 292 g/mol. The fourth-order valence-electron chi connectivity index (χ4n) is 1.54. The van der Waals surface area contributed by atoms with Crippen molar-refractivity contribution < 1.29 is 0 Å². The van der Waals surface area contributed by atoms with Crippen LogP contribution >= 0.6 is 15.9 Å². The van der Waals surface area contributed by atoms with Crippen LogP contribution in [0.25, 0.3) is 11.3 Å². The number of hydrogen-bond acceptors (Lipinski definition) is 3. The Morgan fingerprint density at radius 1 is 1.56 bits per heavy atom. The lowest BCUT2D eigenvalue weighted by molar-refractivity contribution is 0.946. The van der Waals surface area contributed by atoms with E-state index >= 15 is 0 Å². The number of nitrogens with zero attached hydrogens (tertiary/aromatic N) is 4. The number of aromatic nitrogens is 3. The zero-order chi connectivity index (χ0) is 13.1. The van der Waals surface area contributed by atoms with Crippen LogP contribution in [0.3, 0.4) is 0 Å². The van der Waals surface area contributed by atoms with Crippen molar-refractivity contribution in [3.05, 3.63) is 47.4 Å². The topological polar surface area (TPSA) is 42.5 Å². The summed E-state index contributed by atoms with van der Waals surface area (Å²) in [6.45, 7) is 7.76. The van der Waals surface area contributed by atoms with E-state index in [1.807, 2.05) is 44.3 Å². The fourth-order valence-corrected chi connectivity index (χ4v) is 1.96. The molecule has 0 radical (unpaired) electrons. The molecule has 0 aliphatic rings. The molecule has 0 amide bonds. The summed E-state index contributed by atoms with van der Waals surface area (Å²) in [5, 5.41) is 4.33. The van der Waals surface area contributed by atoms with E-state index in [2.05, 4.69) is 37.6 Å². The molecule has 0 aliphatic carbocycles. The Morgan fingerprint density at radius 2 is 2.33 bits per heavy atom. The zero-order valence-corrected chi connectivity index (χ0v) is 11.8. The van der Waals surface area contributed by atoms with Crippen LogP contribution in [-0.4, -0.2) is 20.3 Å². The van der Waals surface area contributed by atoms with Crippen molar-refractivity contribution in [2.75, 3.05) is 0 Å². The van der Waals surface area contributed by atoms with Gasteiger partial charge in [-0.15, -0.1) is 5.10 Å². The number of allylic oxidation sites excluding steroid dienone is 2. The zero-order valence-electron chi connectivity index (χ0n) is 10.3. The minimum atomic E-state index is 0.533. The number of rotatable bonds is 3. The van der Waals surface area contributed by atoms with Gasteiger partial charge in [0.05, 0.1) is 4.47 Å². The van der Waals surface area contributed by atoms with Gasteiger partial charge in [-0.1, -0.05) is 12.7 Å². The summed E-state index contributed by atoms with van der Waals surface area (Å²) in [5.74, 6) is 0.533. The molecule has 92 valence electrons. The summed E-state index contributed by atoms with van der Waals surface area (Å²) in [4.78, 5) is 8.74. The normalized spacial score (nSPS) is 12.5. The molecule has 5 heteroatoms. The van der Waals surface area contributed by atoms with Crippen molar-refractivity contribution in [1.82, 2.24) is 14.6 Å². The van der Waals surface area contributed by atoms with E-state index in [1.165, 1.54) is 0 Å². The number of fused-ring (bicyclic) bond motifs is 1. The fraction of sp³-hybridized carbons (Fsp3) is 0.154. The molecule has 2 rings (SSSR count). The Bertz CT molecular complexity index is 652. The molecule has 2 aromatic heterocycles.